The smallest absolute Gasteiger partial charge is 0.161 e. The van der Waals surface area contributed by atoms with Crippen molar-refractivity contribution in [1.29, 1.82) is 0 Å². The van der Waals surface area contributed by atoms with E-state index in [9.17, 15) is 9.90 Å². The minimum absolute atomic E-state index is 0.0899. The number of aromatic carboxylic acids is 1. The molecule has 4 heteroatoms. The molecule has 1 aromatic rings. The molecule has 0 bridgehead atoms. The lowest BCUT2D eigenvalue weighted by Crippen LogP contribution is -2.22. The van der Waals surface area contributed by atoms with Crippen molar-refractivity contribution in [3.63, 3.8) is 0 Å². The van der Waals surface area contributed by atoms with Crippen LogP contribution in [-0.4, -0.2) is 19.7 Å². The molecule has 0 spiro atoms. The lowest BCUT2D eigenvalue weighted by molar-refractivity contribution is -0.255. The number of carbonyl (C=O) groups is 1. The zero-order valence-corrected chi connectivity index (χ0v) is 11.6. The number of hydrogen-bond acceptors (Lipinski definition) is 4. The number of methoxy groups -OCH3 is 1. The van der Waals surface area contributed by atoms with Gasteiger partial charge >= 0.3 is 0 Å². The van der Waals surface area contributed by atoms with E-state index in [1.807, 2.05) is 0 Å². The van der Waals surface area contributed by atoms with Gasteiger partial charge in [-0.15, -0.1) is 0 Å². The molecule has 1 aromatic carbocycles. The molecule has 1 rings (SSSR count). The number of carboxylic acids is 1. The number of hydrogen-bond donors (Lipinski definition) is 0. The van der Waals surface area contributed by atoms with Crippen LogP contribution < -0.4 is 14.6 Å². The third kappa shape index (κ3) is 5.20. The first kappa shape index (κ1) is 15.3. The molecule has 0 saturated heterocycles. The maximum atomic E-state index is 10.7. The molecule has 0 atom stereocenters. The molecule has 19 heavy (non-hydrogen) atoms. The number of carbonyl (C=O) groups excluding carboxylic acids is 1. The van der Waals surface area contributed by atoms with Gasteiger partial charge in [0.2, 0.25) is 0 Å². The molecule has 4 nitrogen and oxygen atoms in total. The van der Waals surface area contributed by atoms with Crippen molar-refractivity contribution >= 4 is 5.97 Å². The molecule has 0 aliphatic heterocycles. The van der Waals surface area contributed by atoms with Crippen LogP contribution in [0.1, 0.15) is 49.4 Å². The Balaban J connectivity index is 2.47. The van der Waals surface area contributed by atoms with E-state index in [-0.39, 0.29) is 5.56 Å². The maximum Gasteiger partial charge on any atom is 0.161 e. The largest absolute Gasteiger partial charge is 0.545 e. The Morgan fingerprint density at radius 3 is 2.53 bits per heavy atom. The van der Waals surface area contributed by atoms with E-state index in [4.69, 9.17) is 9.47 Å². The number of ether oxygens (including phenoxy) is 2. The molecule has 0 aliphatic carbocycles. The lowest BCUT2D eigenvalue weighted by atomic mass is 10.2. The van der Waals surface area contributed by atoms with Gasteiger partial charge in [-0.05, 0) is 24.6 Å². The Bertz CT molecular complexity index is 401. The fraction of sp³-hybridized carbons (Fsp3) is 0.533. The van der Waals surface area contributed by atoms with Gasteiger partial charge in [0.05, 0.1) is 19.7 Å². The Morgan fingerprint density at radius 2 is 1.89 bits per heavy atom. The van der Waals surface area contributed by atoms with Gasteiger partial charge in [0, 0.05) is 5.56 Å². The van der Waals surface area contributed by atoms with Crippen LogP contribution in [0.2, 0.25) is 0 Å². The summed E-state index contributed by atoms with van der Waals surface area (Å²) in [7, 11) is 1.49. The standard InChI is InChI=1S/C15H22O4/c1-3-4-5-6-7-10-19-13-9-8-12(15(16)17)11-14(13)18-2/h8-9,11H,3-7,10H2,1-2H3,(H,16,17)/p-1. The summed E-state index contributed by atoms with van der Waals surface area (Å²) in [4.78, 5) is 10.7. The minimum atomic E-state index is -1.22. The highest BCUT2D eigenvalue weighted by molar-refractivity contribution is 5.86. The summed E-state index contributed by atoms with van der Waals surface area (Å²) in [6.45, 7) is 2.80. The van der Waals surface area contributed by atoms with E-state index in [1.165, 1.54) is 38.5 Å². The molecule has 0 saturated carbocycles. The molecular weight excluding hydrogens is 244 g/mol. The third-order valence-corrected chi connectivity index (χ3v) is 2.90. The summed E-state index contributed by atoms with van der Waals surface area (Å²) in [5, 5.41) is 10.7. The van der Waals surface area contributed by atoms with Crippen LogP contribution in [0, 0.1) is 0 Å². The van der Waals surface area contributed by atoms with Gasteiger partial charge < -0.3 is 19.4 Å². The third-order valence-electron chi connectivity index (χ3n) is 2.90. The van der Waals surface area contributed by atoms with E-state index in [2.05, 4.69) is 6.92 Å². The molecule has 0 fully saturated rings. The maximum absolute atomic E-state index is 10.7. The number of unbranched alkanes of at least 4 members (excludes halogenated alkanes) is 4. The first-order valence-electron chi connectivity index (χ1n) is 6.71. The SMILES string of the molecule is CCCCCCCOc1ccc(C(=O)[O-])cc1OC. The quantitative estimate of drug-likeness (QED) is 0.643. The highest BCUT2D eigenvalue weighted by atomic mass is 16.5. The van der Waals surface area contributed by atoms with Gasteiger partial charge in [-0.2, -0.15) is 0 Å². The molecular formula is C15H21O4-. The Hall–Kier alpha value is -1.71. The van der Waals surface area contributed by atoms with E-state index < -0.39 is 5.97 Å². The molecule has 106 valence electrons. The van der Waals surface area contributed by atoms with Crippen molar-refractivity contribution < 1.29 is 19.4 Å². The molecule has 0 radical (unpaired) electrons. The topological polar surface area (TPSA) is 58.6 Å². The van der Waals surface area contributed by atoms with Gasteiger partial charge in [-0.1, -0.05) is 32.6 Å². The Labute approximate surface area is 114 Å². The van der Waals surface area contributed by atoms with Crippen LogP contribution in [-0.2, 0) is 0 Å². The first-order valence-corrected chi connectivity index (χ1v) is 6.71. The fourth-order valence-electron chi connectivity index (χ4n) is 1.80. The monoisotopic (exact) mass is 265 g/mol. The molecule has 0 aromatic heterocycles. The van der Waals surface area contributed by atoms with Crippen LogP contribution in [0.15, 0.2) is 18.2 Å². The van der Waals surface area contributed by atoms with Crippen molar-refractivity contribution in [1.82, 2.24) is 0 Å². The summed E-state index contributed by atoms with van der Waals surface area (Å²) >= 11 is 0. The molecule has 0 amide bonds. The summed E-state index contributed by atoms with van der Waals surface area (Å²) in [5.41, 5.74) is 0.0899. The summed E-state index contributed by atoms with van der Waals surface area (Å²) in [5.74, 6) is -0.220. The molecule has 0 aliphatic rings. The Kier molecular flexibility index (Phi) is 6.79. The van der Waals surface area contributed by atoms with E-state index in [1.54, 1.807) is 6.07 Å². The van der Waals surface area contributed by atoms with Crippen molar-refractivity contribution in [2.45, 2.75) is 39.0 Å². The molecule has 0 unspecified atom stereocenters. The van der Waals surface area contributed by atoms with Crippen LogP contribution >= 0.6 is 0 Å². The summed E-state index contributed by atoms with van der Waals surface area (Å²) in [6.07, 6.45) is 5.84. The van der Waals surface area contributed by atoms with Crippen LogP contribution in [0.4, 0.5) is 0 Å². The minimum Gasteiger partial charge on any atom is -0.545 e. The van der Waals surface area contributed by atoms with Gasteiger partial charge in [0.25, 0.3) is 0 Å². The van der Waals surface area contributed by atoms with Crippen LogP contribution in [0.3, 0.4) is 0 Å². The number of benzene rings is 1. The van der Waals surface area contributed by atoms with E-state index in [0.29, 0.717) is 18.1 Å². The average Bonchev–Trinajstić information content (AvgIpc) is 2.42. The van der Waals surface area contributed by atoms with Gasteiger partial charge in [0.1, 0.15) is 0 Å². The molecule has 0 heterocycles. The lowest BCUT2D eigenvalue weighted by Gasteiger charge is -2.12. The number of rotatable bonds is 9. The highest BCUT2D eigenvalue weighted by Gasteiger charge is 2.06. The fourth-order valence-corrected chi connectivity index (χ4v) is 1.80. The number of carboxylic acid groups (broad SMARTS) is 1. The second-order valence-electron chi connectivity index (χ2n) is 4.42. The van der Waals surface area contributed by atoms with E-state index >= 15 is 0 Å². The zero-order valence-electron chi connectivity index (χ0n) is 11.6. The van der Waals surface area contributed by atoms with Crippen LogP contribution in [0.25, 0.3) is 0 Å². The van der Waals surface area contributed by atoms with Gasteiger partial charge in [-0.3, -0.25) is 0 Å². The van der Waals surface area contributed by atoms with E-state index in [0.717, 1.165) is 12.8 Å². The second kappa shape index (κ2) is 8.40. The normalized spacial score (nSPS) is 10.2. The van der Waals surface area contributed by atoms with Crippen molar-refractivity contribution in [2.75, 3.05) is 13.7 Å². The van der Waals surface area contributed by atoms with Crippen molar-refractivity contribution in [3.05, 3.63) is 23.8 Å². The van der Waals surface area contributed by atoms with Crippen LogP contribution in [0.5, 0.6) is 11.5 Å². The zero-order chi connectivity index (χ0) is 14.1. The molecule has 0 N–H and O–H groups in total. The summed E-state index contributed by atoms with van der Waals surface area (Å²) < 4.78 is 10.7. The van der Waals surface area contributed by atoms with Gasteiger partial charge in [0.15, 0.2) is 11.5 Å². The van der Waals surface area contributed by atoms with Crippen molar-refractivity contribution in [3.8, 4) is 11.5 Å². The van der Waals surface area contributed by atoms with Crippen molar-refractivity contribution in [2.24, 2.45) is 0 Å². The highest BCUT2D eigenvalue weighted by Crippen LogP contribution is 2.28. The predicted octanol–water partition coefficient (Wildman–Crippen LogP) is 2.41. The van der Waals surface area contributed by atoms with Gasteiger partial charge in [-0.25, -0.2) is 0 Å². The second-order valence-corrected chi connectivity index (χ2v) is 4.42. The first-order chi connectivity index (χ1) is 9.19. The average molecular weight is 265 g/mol. The predicted molar refractivity (Wildman–Crippen MR) is 71.6 cm³/mol. The summed E-state index contributed by atoms with van der Waals surface area (Å²) in [6, 6.07) is 4.49. The Morgan fingerprint density at radius 1 is 1.16 bits per heavy atom.